The van der Waals surface area contributed by atoms with Crippen LogP contribution in [-0.2, 0) is 4.79 Å². The normalized spacial score (nSPS) is 17.0. The minimum absolute atomic E-state index is 0.120. The Morgan fingerprint density at radius 3 is 2.59 bits per heavy atom. The van der Waals surface area contributed by atoms with Crippen LogP contribution in [0, 0.1) is 0 Å². The number of nitrogens with zero attached hydrogens (tertiary/aromatic N) is 2. The molecule has 2 aromatic carbocycles. The molecular weight excluding hydrogens is 364 g/mol. The Bertz CT molecular complexity index is 907. The Balaban J connectivity index is 1.87. The van der Waals surface area contributed by atoms with Crippen LogP contribution >= 0.6 is 11.8 Å². The second-order valence-electron chi connectivity index (χ2n) is 5.73. The third kappa shape index (κ3) is 4.25. The molecule has 0 unspecified atom stereocenters. The van der Waals surface area contributed by atoms with Crippen LogP contribution in [0.2, 0.25) is 0 Å². The van der Waals surface area contributed by atoms with Gasteiger partial charge in [-0.3, -0.25) is 9.69 Å². The molecule has 6 nitrogen and oxygen atoms in total. The van der Waals surface area contributed by atoms with Gasteiger partial charge in [0, 0.05) is 7.05 Å². The van der Waals surface area contributed by atoms with E-state index < -0.39 is 0 Å². The van der Waals surface area contributed by atoms with Gasteiger partial charge in [-0.25, -0.2) is 4.99 Å². The van der Waals surface area contributed by atoms with E-state index in [2.05, 4.69) is 4.99 Å². The molecule has 0 aliphatic carbocycles. The molecule has 27 heavy (non-hydrogen) atoms. The molecule has 1 aliphatic heterocycles. The molecule has 0 bridgehead atoms. The van der Waals surface area contributed by atoms with Gasteiger partial charge in [0.05, 0.1) is 24.3 Å². The number of amides is 1. The summed E-state index contributed by atoms with van der Waals surface area (Å²) >= 11 is 1.30. The molecule has 1 aliphatic rings. The van der Waals surface area contributed by atoms with Crippen LogP contribution in [-0.4, -0.2) is 41.8 Å². The summed E-state index contributed by atoms with van der Waals surface area (Å²) in [6.07, 6.45) is 1.81. The molecular formula is C20H20N2O4S. The predicted molar refractivity (Wildman–Crippen MR) is 108 cm³/mol. The topological polar surface area (TPSA) is 71.4 Å². The number of phenols is 1. The van der Waals surface area contributed by atoms with Crippen LogP contribution in [0.25, 0.3) is 6.08 Å². The lowest BCUT2D eigenvalue weighted by atomic mass is 10.2. The van der Waals surface area contributed by atoms with Crippen molar-refractivity contribution in [1.82, 2.24) is 4.90 Å². The van der Waals surface area contributed by atoms with Crippen LogP contribution in [0.5, 0.6) is 17.2 Å². The molecule has 2 aromatic rings. The summed E-state index contributed by atoms with van der Waals surface area (Å²) in [5.74, 6) is 1.34. The maximum Gasteiger partial charge on any atom is 0.266 e. The molecule has 0 atom stereocenters. The fourth-order valence-corrected chi connectivity index (χ4v) is 3.48. The number of carbonyl (C=O) groups is 1. The molecule has 140 valence electrons. The second-order valence-corrected chi connectivity index (χ2v) is 6.74. The van der Waals surface area contributed by atoms with Crippen molar-refractivity contribution < 1.29 is 19.4 Å². The standard InChI is InChI=1S/C20H20N2O4S/c1-4-26-16-10-5-13(11-17(16)25-3)12-18-19(24)22(2)20(27-18)21-14-6-8-15(23)9-7-14/h5-12,23H,4H2,1-3H3/b18-12-,21-20?. The third-order valence-corrected chi connectivity index (χ3v) is 4.92. The van der Waals surface area contributed by atoms with E-state index in [1.54, 1.807) is 44.5 Å². The summed E-state index contributed by atoms with van der Waals surface area (Å²) in [7, 11) is 3.27. The SMILES string of the molecule is CCOc1ccc(/C=C2\SC(=Nc3ccc(O)cc3)N(C)C2=O)cc1OC. The first-order valence-electron chi connectivity index (χ1n) is 8.38. The minimum Gasteiger partial charge on any atom is -0.508 e. The number of likely N-dealkylation sites (N-methyl/N-ethyl adjacent to an activating group) is 1. The zero-order valence-electron chi connectivity index (χ0n) is 15.3. The monoisotopic (exact) mass is 384 g/mol. The molecule has 1 saturated heterocycles. The number of benzene rings is 2. The van der Waals surface area contributed by atoms with Gasteiger partial charge in [-0.05, 0) is 66.7 Å². The molecule has 0 spiro atoms. The van der Waals surface area contributed by atoms with Crippen LogP contribution in [0.1, 0.15) is 12.5 Å². The van der Waals surface area contributed by atoms with Gasteiger partial charge in [-0.15, -0.1) is 0 Å². The van der Waals surface area contributed by atoms with Crippen molar-refractivity contribution in [2.75, 3.05) is 20.8 Å². The number of aliphatic imine (C=N–C) groups is 1. The van der Waals surface area contributed by atoms with Crippen LogP contribution in [0.3, 0.4) is 0 Å². The van der Waals surface area contributed by atoms with Gasteiger partial charge < -0.3 is 14.6 Å². The molecule has 0 aromatic heterocycles. The minimum atomic E-state index is -0.120. The number of hydrogen-bond donors (Lipinski definition) is 1. The van der Waals surface area contributed by atoms with Gasteiger partial charge in [-0.2, -0.15) is 0 Å². The summed E-state index contributed by atoms with van der Waals surface area (Å²) in [4.78, 5) is 19.1. The van der Waals surface area contributed by atoms with E-state index in [1.165, 1.54) is 16.7 Å². The summed E-state index contributed by atoms with van der Waals surface area (Å²) in [6, 6.07) is 12.0. The number of methoxy groups -OCH3 is 1. The number of carbonyl (C=O) groups excluding carboxylic acids is 1. The van der Waals surface area contributed by atoms with E-state index in [1.807, 2.05) is 25.1 Å². The highest BCUT2D eigenvalue weighted by Gasteiger charge is 2.30. The third-order valence-electron chi connectivity index (χ3n) is 3.86. The smallest absolute Gasteiger partial charge is 0.266 e. The van der Waals surface area contributed by atoms with Crippen molar-refractivity contribution in [3.8, 4) is 17.2 Å². The maximum atomic E-state index is 12.5. The highest BCUT2D eigenvalue weighted by atomic mass is 32.2. The number of phenolic OH excluding ortho intramolecular Hbond substituents is 1. The van der Waals surface area contributed by atoms with E-state index in [4.69, 9.17) is 9.47 Å². The molecule has 0 saturated carbocycles. The summed E-state index contributed by atoms with van der Waals surface area (Å²) in [6.45, 7) is 2.46. The van der Waals surface area contributed by atoms with Crippen molar-refractivity contribution in [1.29, 1.82) is 0 Å². The van der Waals surface area contributed by atoms with Crippen molar-refractivity contribution in [3.05, 3.63) is 52.9 Å². The Kier molecular flexibility index (Phi) is 5.71. The number of amidine groups is 1. The quantitative estimate of drug-likeness (QED) is 0.788. The van der Waals surface area contributed by atoms with E-state index in [0.717, 1.165) is 5.56 Å². The van der Waals surface area contributed by atoms with Gasteiger partial charge >= 0.3 is 0 Å². The Hall–Kier alpha value is -2.93. The highest BCUT2D eigenvalue weighted by molar-refractivity contribution is 8.18. The molecule has 1 fully saturated rings. The van der Waals surface area contributed by atoms with E-state index >= 15 is 0 Å². The first-order valence-corrected chi connectivity index (χ1v) is 9.19. The zero-order chi connectivity index (χ0) is 19.4. The van der Waals surface area contributed by atoms with E-state index in [0.29, 0.717) is 33.9 Å². The fraction of sp³-hybridized carbons (Fsp3) is 0.200. The molecule has 1 heterocycles. The van der Waals surface area contributed by atoms with E-state index in [9.17, 15) is 9.90 Å². The van der Waals surface area contributed by atoms with Gasteiger partial charge in [0.25, 0.3) is 5.91 Å². The molecule has 7 heteroatoms. The lowest BCUT2D eigenvalue weighted by molar-refractivity contribution is -0.121. The van der Waals surface area contributed by atoms with Crippen molar-refractivity contribution in [3.63, 3.8) is 0 Å². The van der Waals surface area contributed by atoms with E-state index in [-0.39, 0.29) is 11.7 Å². The Morgan fingerprint density at radius 1 is 1.19 bits per heavy atom. The van der Waals surface area contributed by atoms with Crippen molar-refractivity contribution in [2.45, 2.75) is 6.92 Å². The van der Waals surface area contributed by atoms with Gasteiger partial charge in [0.2, 0.25) is 0 Å². The number of thioether (sulfide) groups is 1. The van der Waals surface area contributed by atoms with Gasteiger partial charge in [0.1, 0.15) is 5.75 Å². The first kappa shape index (κ1) is 18.8. The van der Waals surface area contributed by atoms with Crippen LogP contribution in [0.15, 0.2) is 52.4 Å². The average molecular weight is 384 g/mol. The zero-order valence-corrected chi connectivity index (χ0v) is 16.1. The molecule has 1 amide bonds. The van der Waals surface area contributed by atoms with Crippen LogP contribution < -0.4 is 9.47 Å². The maximum absolute atomic E-state index is 12.5. The fourth-order valence-electron chi connectivity index (χ4n) is 2.49. The molecule has 0 radical (unpaired) electrons. The highest BCUT2D eigenvalue weighted by Crippen LogP contribution is 2.35. The number of ether oxygens (including phenoxy) is 2. The second kappa shape index (κ2) is 8.18. The predicted octanol–water partition coefficient (Wildman–Crippen LogP) is 4.03. The number of hydrogen-bond acceptors (Lipinski definition) is 6. The first-order chi connectivity index (χ1) is 13.0. The molecule has 3 rings (SSSR count). The molecule has 1 N–H and O–H groups in total. The van der Waals surface area contributed by atoms with Crippen LogP contribution in [0.4, 0.5) is 5.69 Å². The summed E-state index contributed by atoms with van der Waals surface area (Å²) in [5, 5.41) is 9.95. The Morgan fingerprint density at radius 2 is 1.93 bits per heavy atom. The van der Waals surface area contributed by atoms with Gasteiger partial charge in [-0.1, -0.05) is 6.07 Å². The summed E-state index contributed by atoms with van der Waals surface area (Å²) < 4.78 is 10.9. The summed E-state index contributed by atoms with van der Waals surface area (Å²) in [5.41, 5.74) is 1.50. The lowest BCUT2D eigenvalue weighted by Gasteiger charge is -2.09. The Labute approximate surface area is 162 Å². The largest absolute Gasteiger partial charge is 0.508 e. The average Bonchev–Trinajstić information content (AvgIpc) is 2.93. The number of aromatic hydroxyl groups is 1. The van der Waals surface area contributed by atoms with Crippen molar-refractivity contribution >= 4 is 34.6 Å². The lowest BCUT2D eigenvalue weighted by Crippen LogP contribution is -2.23. The van der Waals surface area contributed by atoms with Crippen molar-refractivity contribution in [2.24, 2.45) is 4.99 Å². The van der Waals surface area contributed by atoms with Gasteiger partial charge in [0.15, 0.2) is 16.7 Å². The number of rotatable bonds is 5.